The Kier molecular flexibility index (Phi) is 4.93. The molecule has 26 heavy (non-hydrogen) atoms. The van der Waals surface area contributed by atoms with Gasteiger partial charge in [-0.2, -0.15) is 0 Å². The van der Waals surface area contributed by atoms with Crippen LogP contribution in [0.2, 0.25) is 0 Å². The van der Waals surface area contributed by atoms with E-state index in [1.165, 1.54) is 0 Å². The van der Waals surface area contributed by atoms with Gasteiger partial charge in [0, 0.05) is 23.1 Å². The van der Waals surface area contributed by atoms with Crippen molar-refractivity contribution in [3.8, 4) is 22.9 Å². The van der Waals surface area contributed by atoms with E-state index in [-0.39, 0.29) is 0 Å². The van der Waals surface area contributed by atoms with Crippen LogP contribution in [0.3, 0.4) is 0 Å². The average Bonchev–Trinajstić information content (AvgIpc) is 3.18. The van der Waals surface area contributed by atoms with Gasteiger partial charge < -0.3 is 4.74 Å². The van der Waals surface area contributed by atoms with Crippen molar-refractivity contribution in [1.29, 1.82) is 0 Å². The van der Waals surface area contributed by atoms with Gasteiger partial charge in [0.2, 0.25) is 5.16 Å². The first kappa shape index (κ1) is 16.4. The highest BCUT2D eigenvalue weighted by molar-refractivity contribution is 7.98. The second-order valence-electron chi connectivity index (χ2n) is 5.52. The predicted molar refractivity (Wildman–Crippen MR) is 102 cm³/mol. The Morgan fingerprint density at radius 2 is 1.77 bits per heavy atom. The van der Waals surface area contributed by atoms with Gasteiger partial charge in [-0.15, -0.1) is 5.10 Å². The molecule has 0 radical (unpaired) electrons. The minimum Gasteiger partial charge on any atom is -0.455 e. The van der Waals surface area contributed by atoms with E-state index in [1.807, 2.05) is 66.7 Å². The van der Waals surface area contributed by atoms with E-state index in [0.29, 0.717) is 16.7 Å². The molecule has 0 bridgehead atoms. The summed E-state index contributed by atoms with van der Waals surface area (Å²) in [7, 11) is 0. The van der Waals surface area contributed by atoms with Gasteiger partial charge in [-0.25, -0.2) is 4.98 Å². The molecule has 6 heteroatoms. The number of ether oxygens (including phenoxy) is 1. The molecular weight excluding hydrogens is 344 g/mol. The molecule has 2 heterocycles. The fourth-order valence-electron chi connectivity index (χ4n) is 2.44. The fraction of sp³-hybridized carbons (Fsp3) is 0.0500. The second kappa shape index (κ2) is 7.84. The number of nitrogens with zero attached hydrogens (tertiary/aromatic N) is 3. The van der Waals surface area contributed by atoms with Crippen LogP contribution < -0.4 is 4.74 Å². The molecule has 0 spiro atoms. The van der Waals surface area contributed by atoms with Gasteiger partial charge in [0.15, 0.2) is 5.82 Å². The maximum Gasteiger partial charge on any atom is 0.209 e. The first-order valence-corrected chi connectivity index (χ1v) is 9.13. The molecule has 2 aromatic heterocycles. The summed E-state index contributed by atoms with van der Waals surface area (Å²) in [6, 6.07) is 21.7. The van der Waals surface area contributed by atoms with Crippen LogP contribution in [-0.4, -0.2) is 20.2 Å². The molecule has 1 N–H and O–H groups in total. The molecule has 0 saturated carbocycles. The molecule has 0 atom stereocenters. The van der Waals surface area contributed by atoms with E-state index >= 15 is 0 Å². The van der Waals surface area contributed by atoms with Gasteiger partial charge >= 0.3 is 0 Å². The Labute approximate surface area is 155 Å². The van der Waals surface area contributed by atoms with E-state index in [1.54, 1.807) is 24.2 Å². The van der Waals surface area contributed by atoms with Crippen LogP contribution in [0.4, 0.5) is 0 Å². The van der Waals surface area contributed by atoms with Gasteiger partial charge in [-0.3, -0.25) is 10.1 Å². The third-order valence-electron chi connectivity index (χ3n) is 3.70. The van der Waals surface area contributed by atoms with Crippen molar-refractivity contribution in [2.45, 2.75) is 10.9 Å². The summed E-state index contributed by atoms with van der Waals surface area (Å²) in [6.07, 6.45) is 3.42. The first-order valence-electron chi connectivity index (χ1n) is 8.15. The van der Waals surface area contributed by atoms with E-state index < -0.39 is 0 Å². The summed E-state index contributed by atoms with van der Waals surface area (Å²) in [5, 5.41) is 8.00. The number of aromatic amines is 1. The zero-order valence-electron chi connectivity index (χ0n) is 13.9. The first-order chi connectivity index (χ1) is 12.9. The lowest BCUT2D eigenvalue weighted by molar-refractivity contribution is 0.476. The molecule has 0 aliphatic heterocycles. The normalized spacial score (nSPS) is 10.6. The van der Waals surface area contributed by atoms with Crippen LogP contribution in [-0.2, 0) is 5.75 Å². The minimum atomic E-state index is 0.708. The van der Waals surface area contributed by atoms with Crippen molar-refractivity contribution >= 4 is 11.8 Å². The van der Waals surface area contributed by atoms with Gasteiger partial charge in [0.05, 0.1) is 6.20 Å². The number of hydrogen-bond acceptors (Lipinski definition) is 5. The third kappa shape index (κ3) is 3.92. The van der Waals surface area contributed by atoms with Crippen molar-refractivity contribution < 1.29 is 4.74 Å². The number of benzene rings is 2. The smallest absolute Gasteiger partial charge is 0.209 e. The lowest BCUT2D eigenvalue weighted by atomic mass is 10.2. The topological polar surface area (TPSA) is 63.7 Å². The number of nitrogens with one attached hydrogen (secondary N) is 1. The maximum absolute atomic E-state index is 5.95. The highest BCUT2D eigenvalue weighted by Crippen LogP contribution is 2.30. The Balaban J connectivity index is 1.46. The van der Waals surface area contributed by atoms with Crippen LogP contribution in [0, 0.1) is 0 Å². The molecule has 0 saturated heterocycles. The lowest BCUT2D eigenvalue weighted by Crippen LogP contribution is -1.91. The third-order valence-corrected chi connectivity index (χ3v) is 4.60. The van der Waals surface area contributed by atoms with E-state index in [2.05, 4.69) is 20.2 Å². The number of pyridine rings is 1. The molecule has 4 aromatic rings. The molecule has 5 nitrogen and oxygen atoms in total. The van der Waals surface area contributed by atoms with Gasteiger partial charge in [-0.1, -0.05) is 60.3 Å². The number of rotatable bonds is 6. The Morgan fingerprint density at radius 1 is 0.923 bits per heavy atom. The molecule has 0 fully saturated rings. The van der Waals surface area contributed by atoms with Crippen LogP contribution in [0.5, 0.6) is 11.5 Å². The summed E-state index contributed by atoms with van der Waals surface area (Å²) in [4.78, 5) is 8.64. The molecule has 0 aliphatic carbocycles. The second-order valence-corrected chi connectivity index (χ2v) is 6.46. The van der Waals surface area contributed by atoms with Crippen molar-refractivity contribution in [3.05, 3.63) is 84.7 Å². The maximum atomic E-state index is 5.95. The van der Waals surface area contributed by atoms with Crippen molar-refractivity contribution in [1.82, 2.24) is 20.2 Å². The standard InChI is InChI=1S/C20H16N4OS/c1-2-7-15(8-3-1)19-22-20(24-23-19)26-14-16-9-4-5-11-18(16)25-17-10-6-12-21-13-17/h1-13H,14H2,(H,22,23,24). The number of H-pyrrole nitrogens is 1. The molecule has 0 amide bonds. The molecule has 0 aliphatic rings. The largest absolute Gasteiger partial charge is 0.455 e. The highest BCUT2D eigenvalue weighted by atomic mass is 32.2. The zero-order chi connectivity index (χ0) is 17.6. The number of aromatic nitrogens is 4. The van der Waals surface area contributed by atoms with Crippen molar-refractivity contribution in [2.75, 3.05) is 0 Å². The molecule has 4 rings (SSSR count). The monoisotopic (exact) mass is 360 g/mol. The number of thioether (sulfide) groups is 1. The average molecular weight is 360 g/mol. The predicted octanol–water partition coefficient (Wildman–Crippen LogP) is 4.95. The lowest BCUT2D eigenvalue weighted by Gasteiger charge is -2.09. The van der Waals surface area contributed by atoms with E-state index in [9.17, 15) is 0 Å². The van der Waals surface area contributed by atoms with Crippen LogP contribution in [0.1, 0.15) is 5.56 Å². The van der Waals surface area contributed by atoms with Crippen molar-refractivity contribution in [2.24, 2.45) is 0 Å². The highest BCUT2D eigenvalue weighted by Gasteiger charge is 2.09. The molecule has 2 aromatic carbocycles. The summed E-state index contributed by atoms with van der Waals surface area (Å²) >= 11 is 1.56. The summed E-state index contributed by atoms with van der Waals surface area (Å²) in [5.74, 6) is 3.01. The van der Waals surface area contributed by atoms with Gasteiger partial charge in [0.25, 0.3) is 0 Å². The molecule has 0 unspecified atom stereocenters. The van der Waals surface area contributed by atoms with Crippen LogP contribution in [0.25, 0.3) is 11.4 Å². The minimum absolute atomic E-state index is 0.708. The van der Waals surface area contributed by atoms with E-state index in [4.69, 9.17) is 4.74 Å². The molecular formula is C20H16N4OS. The van der Waals surface area contributed by atoms with Crippen molar-refractivity contribution in [3.63, 3.8) is 0 Å². The SMILES string of the molecule is c1ccc(-c2nc(SCc3ccccc3Oc3cccnc3)n[nH]2)cc1. The Bertz CT molecular complexity index is 973. The summed E-state index contributed by atoms with van der Waals surface area (Å²) in [5.41, 5.74) is 2.10. The van der Waals surface area contributed by atoms with Gasteiger partial charge in [0.1, 0.15) is 11.5 Å². The number of hydrogen-bond donors (Lipinski definition) is 1. The Hall–Kier alpha value is -3.12. The molecule has 128 valence electrons. The quantitative estimate of drug-likeness (QED) is 0.493. The van der Waals surface area contributed by atoms with Crippen LogP contribution in [0.15, 0.2) is 84.3 Å². The summed E-state index contributed by atoms with van der Waals surface area (Å²) < 4.78 is 5.95. The summed E-state index contributed by atoms with van der Waals surface area (Å²) in [6.45, 7) is 0. The van der Waals surface area contributed by atoms with Gasteiger partial charge in [-0.05, 0) is 18.2 Å². The fourth-order valence-corrected chi connectivity index (χ4v) is 3.22. The van der Waals surface area contributed by atoms with Crippen LogP contribution >= 0.6 is 11.8 Å². The Morgan fingerprint density at radius 3 is 2.62 bits per heavy atom. The zero-order valence-corrected chi connectivity index (χ0v) is 14.7. The number of para-hydroxylation sites is 1. The van der Waals surface area contributed by atoms with E-state index in [0.717, 1.165) is 22.7 Å².